The van der Waals surface area contributed by atoms with Crippen LogP contribution >= 0.6 is 0 Å². The van der Waals surface area contributed by atoms with Crippen LogP contribution in [0.3, 0.4) is 0 Å². The molecule has 7 nitrogen and oxygen atoms in total. The first-order chi connectivity index (χ1) is 15.1. The van der Waals surface area contributed by atoms with E-state index < -0.39 is 11.7 Å². The van der Waals surface area contributed by atoms with Crippen molar-refractivity contribution in [3.8, 4) is 11.3 Å². The van der Waals surface area contributed by atoms with Gasteiger partial charge in [0, 0.05) is 35.1 Å². The smallest absolute Gasteiger partial charge is 0.368 e. The van der Waals surface area contributed by atoms with E-state index in [-0.39, 0.29) is 33.8 Å². The normalized spacial score (nSPS) is 20.0. The number of nitrogen functional groups attached to an aromatic ring is 1. The predicted molar refractivity (Wildman–Crippen MR) is 117 cm³/mol. The number of aromatic amines is 1. The molecule has 1 aliphatic heterocycles. The molecule has 1 unspecified atom stereocenters. The molecule has 1 saturated carbocycles. The second-order valence-electron chi connectivity index (χ2n) is 8.92. The number of H-pyrrole nitrogens is 1. The molecule has 32 heavy (non-hydrogen) atoms. The van der Waals surface area contributed by atoms with Crippen molar-refractivity contribution in [2.45, 2.75) is 51.2 Å². The molecule has 0 spiro atoms. The topological polar surface area (TPSA) is 102 Å². The number of hydrogen-bond donors (Lipinski definition) is 3. The van der Waals surface area contributed by atoms with E-state index in [4.69, 9.17) is 5.73 Å². The van der Waals surface area contributed by atoms with Crippen LogP contribution in [0, 0.1) is 5.92 Å². The minimum atomic E-state index is -4.64. The number of piperidine rings is 1. The van der Waals surface area contributed by atoms with Gasteiger partial charge in [-0.05, 0) is 57.7 Å². The van der Waals surface area contributed by atoms with Gasteiger partial charge in [0.25, 0.3) is 5.56 Å². The highest BCUT2D eigenvalue weighted by Gasteiger charge is 2.40. The number of alkyl halides is 3. The molecule has 0 aromatic carbocycles. The van der Waals surface area contributed by atoms with Crippen molar-refractivity contribution >= 4 is 16.9 Å². The van der Waals surface area contributed by atoms with Crippen LogP contribution < -0.4 is 16.6 Å². The van der Waals surface area contributed by atoms with E-state index in [0.29, 0.717) is 11.6 Å². The van der Waals surface area contributed by atoms with E-state index in [9.17, 15) is 18.0 Å². The summed E-state index contributed by atoms with van der Waals surface area (Å²) < 4.78 is 41.5. The van der Waals surface area contributed by atoms with Crippen molar-refractivity contribution in [2.24, 2.45) is 5.92 Å². The summed E-state index contributed by atoms with van der Waals surface area (Å²) in [6.45, 7) is 6.74. The SMILES string of the molecule is CC1(n2ccc3c(-c4nc(N)ncc4C(F)(F)F)c[nH]c3c2=O)CC1.CC1CCCNC1. The number of nitrogens with zero attached hydrogens (tertiary/aromatic N) is 3. The van der Waals surface area contributed by atoms with Gasteiger partial charge < -0.3 is 20.6 Å². The quantitative estimate of drug-likeness (QED) is 0.552. The first-order valence-electron chi connectivity index (χ1n) is 10.7. The summed E-state index contributed by atoms with van der Waals surface area (Å²) in [5, 5.41) is 3.70. The third-order valence-electron chi connectivity index (χ3n) is 6.21. The Kier molecular flexibility index (Phi) is 5.74. The third-order valence-corrected chi connectivity index (χ3v) is 6.21. The highest BCUT2D eigenvalue weighted by molar-refractivity contribution is 5.95. The van der Waals surface area contributed by atoms with Crippen LogP contribution in [0.1, 0.15) is 45.1 Å². The summed E-state index contributed by atoms with van der Waals surface area (Å²) in [5.41, 5.74) is 4.06. The summed E-state index contributed by atoms with van der Waals surface area (Å²) >= 11 is 0. The molecule has 10 heteroatoms. The summed E-state index contributed by atoms with van der Waals surface area (Å²) in [5.74, 6) is 0.657. The fraction of sp³-hybridized carbons (Fsp3) is 0.500. The molecule has 4 heterocycles. The van der Waals surface area contributed by atoms with Gasteiger partial charge in [0.2, 0.25) is 5.95 Å². The number of halogens is 3. The lowest BCUT2D eigenvalue weighted by Gasteiger charge is -2.17. The predicted octanol–water partition coefficient (Wildman–Crippen LogP) is 3.90. The number of rotatable bonds is 2. The first kappa shape index (κ1) is 22.3. The molecular formula is C22H27F3N6O. The number of nitrogens with two attached hydrogens (primary N) is 1. The highest BCUT2D eigenvalue weighted by atomic mass is 19.4. The maximum Gasteiger partial charge on any atom is 0.419 e. The molecule has 0 bridgehead atoms. The molecule has 0 radical (unpaired) electrons. The van der Waals surface area contributed by atoms with Gasteiger partial charge in [0.15, 0.2) is 0 Å². The number of fused-ring (bicyclic) bond motifs is 1. The van der Waals surface area contributed by atoms with Crippen LogP contribution in [0.2, 0.25) is 0 Å². The van der Waals surface area contributed by atoms with Gasteiger partial charge >= 0.3 is 6.18 Å². The molecule has 0 amide bonds. The fourth-order valence-electron chi connectivity index (χ4n) is 4.00. The molecule has 3 aromatic rings. The van der Waals surface area contributed by atoms with Crippen molar-refractivity contribution < 1.29 is 13.2 Å². The van der Waals surface area contributed by atoms with Gasteiger partial charge in [-0.15, -0.1) is 0 Å². The Morgan fingerprint density at radius 3 is 2.62 bits per heavy atom. The highest BCUT2D eigenvalue weighted by Crippen LogP contribution is 2.42. The minimum Gasteiger partial charge on any atom is -0.368 e. The Balaban J connectivity index is 0.000000300. The Morgan fingerprint density at radius 2 is 2.06 bits per heavy atom. The number of pyridine rings is 1. The van der Waals surface area contributed by atoms with Crippen molar-refractivity contribution in [1.82, 2.24) is 24.8 Å². The van der Waals surface area contributed by atoms with Crippen molar-refractivity contribution in [1.29, 1.82) is 0 Å². The molecule has 5 rings (SSSR count). The summed E-state index contributed by atoms with van der Waals surface area (Å²) in [7, 11) is 0. The molecule has 172 valence electrons. The van der Waals surface area contributed by atoms with Crippen LogP contribution in [0.5, 0.6) is 0 Å². The number of hydrogen-bond acceptors (Lipinski definition) is 5. The molecule has 3 aromatic heterocycles. The van der Waals surface area contributed by atoms with Crippen molar-refractivity contribution in [3.63, 3.8) is 0 Å². The molecule has 4 N–H and O–H groups in total. The number of nitrogens with one attached hydrogen (secondary N) is 2. The summed E-state index contributed by atoms with van der Waals surface area (Å²) in [6, 6.07) is 1.63. The molecule has 1 atom stereocenters. The largest absolute Gasteiger partial charge is 0.419 e. The average molecular weight is 448 g/mol. The van der Waals surface area contributed by atoms with E-state index in [1.165, 1.54) is 32.1 Å². The zero-order valence-electron chi connectivity index (χ0n) is 18.1. The van der Waals surface area contributed by atoms with Gasteiger partial charge in [-0.3, -0.25) is 4.79 Å². The molecule has 2 aliphatic rings. The van der Waals surface area contributed by atoms with Crippen LogP contribution in [0.15, 0.2) is 29.5 Å². The minimum absolute atomic E-state index is 0.168. The Morgan fingerprint density at radius 1 is 1.31 bits per heavy atom. The lowest BCUT2D eigenvalue weighted by Crippen LogP contribution is -2.27. The molecule has 1 saturated heterocycles. The Bertz CT molecular complexity index is 1170. The maximum absolute atomic E-state index is 13.3. The van der Waals surface area contributed by atoms with E-state index >= 15 is 0 Å². The van der Waals surface area contributed by atoms with E-state index in [1.54, 1.807) is 16.8 Å². The Labute approximate surface area is 183 Å². The second kappa shape index (κ2) is 8.23. The van der Waals surface area contributed by atoms with Gasteiger partial charge in [-0.1, -0.05) is 6.92 Å². The van der Waals surface area contributed by atoms with E-state index in [1.807, 2.05) is 6.92 Å². The first-order valence-corrected chi connectivity index (χ1v) is 10.7. The van der Waals surface area contributed by atoms with Gasteiger partial charge in [-0.25, -0.2) is 9.97 Å². The second-order valence-corrected chi connectivity index (χ2v) is 8.92. The van der Waals surface area contributed by atoms with Crippen LogP contribution in [0.25, 0.3) is 22.2 Å². The summed E-state index contributed by atoms with van der Waals surface area (Å²) in [6.07, 6.45) is 3.58. The van der Waals surface area contributed by atoms with E-state index in [0.717, 1.165) is 18.8 Å². The molecule has 1 aliphatic carbocycles. The monoisotopic (exact) mass is 448 g/mol. The fourth-order valence-corrected chi connectivity index (χ4v) is 4.00. The van der Waals surface area contributed by atoms with Gasteiger partial charge in [0.1, 0.15) is 11.1 Å². The van der Waals surface area contributed by atoms with Crippen molar-refractivity contribution in [2.75, 3.05) is 18.8 Å². The lowest BCUT2D eigenvalue weighted by molar-refractivity contribution is -0.137. The average Bonchev–Trinajstić information content (AvgIpc) is 3.32. The molecular weight excluding hydrogens is 421 g/mol. The third kappa shape index (κ3) is 4.36. The van der Waals surface area contributed by atoms with Crippen LogP contribution in [-0.2, 0) is 11.7 Å². The zero-order chi connectivity index (χ0) is 23.1. The zero-order valence-corrected chi connectivity index (χ0v) is 18.1. The van der Waals surface area contributed by atoms with Crippen LogP contribution in [-0.4, -0.2) is 32.6 Å². The number of anilines is 1. The molecule has 2 fully saturated rings. The number of aromatic nitrogens is 4. The van der Waals surface area contributed by atoms with Gasteiger partial charge in [-0.2, -0.15) is 13.2 Å². The lowest BCUT2D eigenvalue weighted by atomic mass is 10.0. The Hall–Kier alpha value is -2.88. The van der Waals surface area contributed by atoms with E-state index in [2.05, 4.69) is 27.2 Å². The van der Waals surface area contributed by atoms with Crippen molar-refractivity contribution in [3.05, 3.63) is 40.6 Å². The van der Waals surface area contributed by atoms with Gasteiger partial charge in [0.05, 0.1) is 5.69 Å². The van der Waals surface area contributed by atoms with Crippen LogP contribution in [0.4, 0.5) is 19.1 Å². The maximum atomic E-state index is 13.3. The summed E-state index contributed by atoms with van der Waals surface area (Å²) in [4.78, 5) is 22.7. The standard InChI is InChI=1S/C16H14F3N5O.C6H13N/c1-15(3-4-15)24-5-2-8-9(6-21-12(8)13(24)25)11-10(16(17,18)19)7-22-14(20)23-11;1-6-3-2-4-7-5-6/h2,5-7,21H,3-4H2,1H3,(H2,20,22,23);6-7H,2-5H2,1H3.